The quantitative estimate of drug-likeness (QED) is 0.660. The van der Waals surface area contributed by atoms with Crippen LogP contribution in [0.3, 0.4) is 0 Å². The van der Waals surface area contributed by atoms with Gasteiger partial charge in [0.1, 0.15) is 11.3 Å². The highest BCUT2D eigenvalue weighted by molar-refractivity contribution is 5.83. The molecule has 2 aromatic carbocycles. The van der Waals surface area contributed by atoms with Crippen molar-refractivity contribution in [2.24, 2.45) is 0 Å². The molecule has 0 saturated heterocycles. The summed E-state index contributed by atoms with van der Waals surface area (Å²) in [4.78, 5) is 23.8. The van der Waals surface area contributed by atoms with Crippen molar-refractivity contribution < 1.29 is 13.9 Å². The summed E-state index contributed by atoms with van der Waals surface area (Å²) in [7, 11) is 0. The summed E-state index contributed by atoms with van der Waals surface area (Å²) < 4.78 is 11.1. The first-order chi connectivity index (χ1) is 12.0. The number of rotatable bonds is 5. The molecule has 0 aliphatic heterocycles. The first kappa shape index (κ1) is 17.0. The maximum absolute atomic E-state index is 12.4. The molecule has 0 aliphatic carbocycles. The van der Waals surface area contributed by atoms with Gasteiger partial charge in [-0.1, -0.05) is 30.3 Å². The SMILES string of the molecule is CC(=O)C(C)Oc1ccc2c(C)c(Cc3ccccc3)c(=O)oc2c1. The Morgan fingerprint density at radius 1 is 1.16 bits per heavy atom. The molecule has 128 valence electrons. The first-order valence-corrected chi connectivity index (χ1v) is 8.23. The fourth-order valence-corrected chi connectivity index (χ4v) is 2.74. The monoisotopic (exact) mass is 336 g/mol. The Kier molecular flexibility index (Phi) is 4.70. The van der Waals surface area contributed by atoms with E-state index in [1.807, 2.05) is 43.3 Å². The Morgan fingerprint density at radius 3 is 2.56 bits per heavy atom. The van der Waals surface area contributed by atoms with E-state index in [-0.39, 0.29) is 11.4 Å². The van der Waals surface area contributed by atoms with Gasteiger partial charge in [-0.25, -0.2) is 4.79 Å². The second-order valence-corrected chi connectivity index (χ2v) is 6.18. The number of carbonyl (C=O) groups is 1. The lowest BCUT2D eigenvalue weighted by atomic mass is 10.00. The van der Waals surface area contributed by atoms with Gasteiger partial charge >= 0.3 is 5.63 Å². The van der Waals surface area contributed by atoms with E-state index in [4.69, 9.17) is 9.15 Å². The molecule has 1 atom stereocenters. The third-order valence-electron chi connectivity index (χ3n) is 4.37. The average Bonchev–Trinajstić information content (AvgIpc) is 2.59. The minimum Gasteiger partial charge on any atom is -0.483 e. The number of aryl methyl sites for hydroxylation is 1. The van der Waals surface area contributed by atoms with Crippen molar-refractivity contribution >= 4 is 16.8 Å². The molecule has 0 amide bonds. The number of Topliss-reactive ketones (excluding diaryl/α,β-unsaturated/α-hetero) is 1. The van der Waals surface area contributed by atoms with Crippen LogP contribution in [0, 0.1) is 6.92 Å². The number of carbonyl (C=O) groups excluding carboxylic acids is 1. The summed E-state index contributed by atoms with van der Waals surface area (Å²) in [5.74, 6) is 0.449. The van der Waals surface area contributed by atoms with E-state index < -0.39 is 6.10 Å². The van der Waals surface area contributed by atoms with Gasteiger partial charge < -0.3 is 9.15 Å². The lowest BCUT2D eigenvalue weighted by Gasteiger charge is -2.13. The highest BCUT2D eigenvalue weighted by Crippen LogP contribution is 2.25. The predicted octanol–water partition coefficient (Wildman–Crippen LogP) is 4.05. The molecule has 0 radical (unpaired) electrons. The maximum atomic E-state index is 12.4. The zero-order valence-electron chi connectivity index (χ0n) is 14.5. The lowest BCUT2D eigenvalue weighted by Crippen LogP contribution is -2.20. The smallest absolute Gasteiger partial charge is 0.340 e. The van der Waals surface area contributed by atoms with Crippen LogP contribution >= 0.6 is 0 Å². The van der Waals surface area contributed by atoms with E-state index in [1.165, 1.54) is 6.92 Å². The lowest BCUT2D eigenvalue weighted by molar-refractivity contribution is -0.122. The fraction of sp³-hybridized carbons (Fsp3) is 0.238. The molecular formula is C21H20O4. The number of ether oxygens (including phenoxy) is 1. The Balaban J connectivity index is 2.00. The minimum absolute atomic E-state index is 0.0593. The fourth-order valence-electron chi connectivity index (χ4n) is 2.74. The van der Waals surface area contributed by atoms with E-state index >= 15 is 0 Å². The van der Waals surface area contributed by atoms with Crippen molar-refractivity contribution in [3.8, 4) is 5.75 Å². The highest BCUT2D eigenvalue weighted by atomic mass is 16.5. The molecule has 4 heteroatoms. The van der Waals surface area contributed by atoms with Crippen LogP contribution in [0.2, 0.25) is 0 Å². The summed E-state index contributed by atoms with van der Waals surface area (Å²) in [6, 6.07) is 15.1. The van der Waals surface area contributed by atoms with Crippen LogP contribution in [0.25, 0.3) is 11.0 Å². The molecule has 0 spiro atoms. The second kappa shape index (κ2) is 6.93. The Morgan fingerprint density at radius 2 is 1.88 bits per heavy atom. The number of fused-ring (bicyclic) bond motifs is 1. The molecule has 0 saturated carbocycles. The summed E-state index contributed by atoms with van der Waals surface area (Å²) in [6.45, 7) is 5.10. The Hall–Kier alpha value is -2.88. The molecule has 0 bridgehead atoms. The Labute approximate surface area is 146 Å². The van der Waals surface area contributed by atoms with Crippen molar-refractivity contribution in [3.05, 3.63) is 75.6 Å². The van der Waals surface area contributed by atoms with E-state index in [0.29, 0.717) is 23.3 Å². The van der Waals surface area contributed by atoms with E-state index in [2.05, 4.69) is 0 Å². The molecule has 3 aromatic rings. The van der Waals surface area contributed by atoms with Crippen LogP contribution in [0.5, 0.6) is 5.75 Å². The van der Waals surface area contributed by atoms with Gasteiger partial charge in [-0.3, -0.25) is 4.79 Å². The minimum atomic E-state index is -0.539. The predicted molar refractivity (Wildman–Crippen MR) is 97.2 cm³/mol. The molecule has 25 heavy (non-hydrogen) atoms. The molecule has 0 N–H and O–H groups in total. The standard InChI is InChI=1S/C21H20O4/c1-13-18-10-9-17(24-15(3)14(2)22)12-20(18)25-21(23)19(13)11-16-7-5-4-6-8-16/h4-10,12,15H,11H2,1-3H3. The topological polar surface area (TPSA) is 56.5 Å². The second-order valence-electron chi connectivity index (χ2n) is 6.18. The van der Waals surface area contributed by atoms with Crippen molar-refractivity contribution in [2.75, 3.05) is 0 Å². The third kappa shape index (κ3) is 3.63. The van der Waals surface area contributed by atoms with E-state index in [0.717, 1.165) is 16.5 Å². The summed E-state index contributed by atoms with van der Waals surface area (Å²) in [5, 5.41) is 0.869. The van der Waals surface area contributed by atoms with Crippen LogP contribution in [0.15, 0.2) is 57.7 Å². The van der Waals surface area contributed by atoms with Gasteiger partial charge in [-0.2, -0.15) is 0 Å². The summed E-state index contributed by atoms with van der Waals surface area (Å²) in [6.07, 6.45) is -0.00693. The van der Waals surface area contributed by atoms with Crippen LogP contribution < -0.4 is 10.4 Å². The summed E-state index contributed by atoms with van der Waals surface area (Å²) in [5.41, 5.74) is 2.75. The zero-order chi connectivity index (χ0) is 18.0. The number of hydrogen-bond acceptors (Lipinski definition) is 4. The molecule has 0 fully saturated rings. The van der Waals surface area contributed by atoms with E-state index in [1.54, 1.807) is 19.1 Å². The molecule has 0 aliphatic rings. The van der Waals surface area contributed by atoms with Gasteiger partial charge in [0.15, 0.2) is 11.9 Å². The van der Waals surface area contributed by atoms with Gasteiger partial charge in [0, 0.05) is 23.4 Å². The van der Waals surface area contributed by atoms with Gasteiger partial charge in [-0.15, -0.1) is 0 Å². The van der Waals surface area contributed by atoms with Gasteiger partial charge in [0.05, 0.1) is 0 Å². The van der Waals surface area contributed by atoms with Crippen LogP contribution in [-0.2, 0) is 11.2 Å². The van der Waals surface area contributed by atoms with Crippen LogP contribution in [0.4, 0.5) is 0 Å². The largest absolute Gasteiger partial charge is 0.483 e. The molecule has 1 unspecified atom stereocenters. The number of hydrogen-bond donors (Lipinski definition) is 0. The third-order valence-corrected chi connectivity index (χ3v) is 4.37. The molecular weight excluding hydrogens is 316 g/mol. The number of benzene rings is 2. The highest BCUT2D eigenvalue weighted by Gasteiger charge is 2.14. The van der Waals surface area contributed by atoms with Crippen molar-refractivity contribution in [3.63, 3.8) is 0 Å². The Bertz CT molecular complexity index is 970. The van der Waals surface area contributed by atoms with Crippen LogP contribution in [0.1, 0.15) is 30.5 Å². The van der Waals surface area contributed by atoms with Gasteiger partial charge in [0.2, 0.25) is 0 Å². The number of ketones is 1. The summed E-state index contributed by atoms with van der Waals surface area (Å²) >= 11 is 0. The van der Waals surface area contributed by atoms with Crippen molar-refractivity contribution in [1.29, 1.82) is 0 Å². The van der Waals surface area contributed by atoms with Crippen LogP contribution in [-0.4, -0.2) is 11.9 Å². The average molecular weight is 336 g/mol. The van der Waals surface area contributed by atoms with E-state index in [9.17, 15) is 9.59 Å². The van der Waals surface area contributed by atoms with Gasteiger partial charge in [-0.05, 0) is 44.0 Å². The van der Waals surface area contributed by atoms with Gasteiger partial charge in [0.25, 0.3) is 0 Å². The maximum Gasteiger partial charge on any atom is 0.340 e. The first-order valence-electron chi connectivity index (χ1n) is 8.23. The molecule has 3 rings (SSSR count). The normalized spacial score (nSPS) is 12.1. The molecule has 4 nitrogen and oxygen atoms in total. The molecule has 1 aromatic heterocycles. The zero-order valence-corrected chi connectivity index (χ0v) is 14.5. The van der Waals surface area contributed by atoms with Crippen molar-refractivity contribution in [1.82, 2.24) is 0 Å². The van der Waals surface area contributed by atoms with Crippen molar-refractivity contribution in [2.45, 2.75) is 33.3 Å². The molecule has 1 heterocycles.